The monoisotopic (exact) mass is 500 g/mol. The Balaban J connectivity index is 1.46. The minimum absolute atomic E-state index is 0.0993. The van der Waals surface area contributed by atoms with Crippen LogP contribution in [0.1, 0.15) is 31.9 Å². The van der Waals surface area contributed by atoms with E-state index in [1.165, 1.54) is 17.2 Å². The van der Waals surface area contributed by atoms with Gasteiger partial charge < -0.3 is 34.8 Å². The number of carbonyl (C=O) groups is 2. The molecule has 0 bridgehead atoms. The van der Waals surface area contributed by atoms with Gasteiger partial charge in [-0.3, -0.25) is 19.2 Å². The summed E-state index contributed by atoms with van der Waals surface area (Å²) in [6, 6.07) is -0.330. The molecule has 2 aromatic rings. The molecule has 1 saturated heterocycles. The van der Waals surface area contributed by atoms with Crippen LogP contribution < -0.4 is 10.6 Å². The number of carboxylic acids is 1. The van der Waals surface area contributed by atoms with E-state index in [9.17, 15) is 29.3 Å². The van der Waals surface area contributed by atoms with Crippen molar-refractivity contribution in [3.63, 3.8) is 0 Å². The van der Waals surface area contributed by atoms with Gasteiger partial charge in [0.15, 0.2) is 23.2 Å². The first-order valence-electron chi connectivity index (χ1n) is 10.6. The van der Waals surface area contributed by atoms with Crippen LogP contribution in [-0.2, 0) is 18.6 Å². The average molecular weight is 500 g/mol. The van der Waals surface area contributed by atoms with E-state index in [0.717, 1.165) is 25.7 Å². The van der Waals surface area contributed by atoms with Crippen LogP contribution in [0.15, 0.2) is 12.7 Å². The first-order chi connectivity index (χ1) is 16.1. The highest BCUT2D eigenvalue weighted by molar-refractivity contribution is 7.53. The van der Waals surface area contributed by atoms with Crippen molar-refractivity contribution in [2.45, 2.75) is 56.3 Å². The quantitative estimate of drug-likeness (QED) is 0.260. The van der Waals surface area contributed by atoms with Gasteiger partial charge in [-0.25, -0.2) is 19.7 Å². The number of urea groups is 1. The van der Waals surface area contributed by atoms with E-state index in [1.807, 2.05) is 0 Å². The van der Waals surface area contributed by atoms with Crippen molar-refractivity contribution in [3.05, 3.63) is 12.7 Å². The zero-order chi connectivity index (χ0) is 24.5. The Bertz CT molecular complexity index is 1110. The fourth-order valence-corrected chi connectivity index (χ4v) is 4.84. The fourth-order valence-electron chi connectivity index (χ4n) is 4.03. The molecule has 3 heterocycles. The molecular weight excluding hydrogens is 475 g/mol. The van der Waals surface area contributed by atoms with Crippen molar-refractivity contribution in [2.24, 2.45) is 0 Å². The summed E-state index contributed by atoms with van der Waals surface area (Å²) in [6.45, 7) is -0.633. The molecule has 34 heavy (non-hydrogen) atoms. The number of rotatable bonds is 8. The third kappa shape index (κ3) is 5.35. The molecule has 6 N–H and O–H groups in total. The molecule has 1 saturated carbocycles. The van der Waals surface area contributed by atoms with Crippen molar-refractivity contribution in [1.82, 2.24) is 24.8 Å². The lowest BCUT2D eigenvalue weighted by Gasteiger charge is -2.17. The van der Waals surface area contributed by atoms with Crippen LogP contribution in [0.4, 0.5) is 10.6 Å². The molecule has 16 heteroatoms. The van der Waals surface area contributed by atoms with E-state index in [2.05, 4.69) is 25.6 Å². The number of nitrogens with zero attached hydrogens (tertiary/aromatic N) is 4. The molecule has 2 aromatic heterocycles. The number of aliphatic hydroxyl groups is 2. The number of ether oxygens (including phenoxy) is 1. The molecule has 2 fully saturated rings. The van der Waals surface area contributed by atoms with E-state index in [0.29, 0.717) is 0 Å². The maximum absolute atomic E-state index is 12.3. The van der Waals surface area contributed by atoms with Crippen LogP contribution in [-0.4, -0.2) is 88.9 Å². The van der Waals surface area contributed by atoms with E-state index >= 15 is 0 Å². The maximum Gasteiger partial charge on any atom is 0.339 e. The molecule has 2 aliphatic rings. The van der Waals surface area contributed by atoms with E-state index in [1.54, 1.807) is 0 Å². The summed E-state index contributed by atoms with van der Waals surface area (Å²) in [6.07, 6.45) is -0.124. The molecule has 3 unspecified atom stereocenters. The predicted octanol–water partition coefficient (Wildman–Crippen LogP) is -0.204. The molecule has 1 aliphatic carbocycles. The predicted molar refractivity (Wildman–Crippen MR) is 114 cm³/mol. The first kappa shape index (κ1) is 24.4. The SMILES string of the molecule is O=C(O)CP(=O)(O)OC[C@H]1O[C@@H](n2cnc3c(NC(=O)NC4CCCC4)ncnc32)C(O)C1O. The summed E-state index contributed by atoms with van der Waals surface area (Å²) in [5.41, 5.74) is 0.415. The lowest BCUT2D eigenvalue weighted by Crippen LogP contribution is -2.36. The number of aromatic nitrogens is 4. The van der Waals surface area contributed by atoms with Crippen molar-refractivity contribution in [3.8, 4) is 0 Å². The van der Waals surface area contributed by atoms with Crippen molar-refractivity contribution >= 4 is 36.6 Å². The molecule has 4 rings (SSSR count). The van der Waals surface area contributed by atoms with Gasteiger partial charge in [-0.05, 0) is 12.8 Å². The molecule has 0 spiro atoms. The largest absolute Gasteiger partial charge is 0.481 e. The minimum Gasteiger partial charge on any atom is -0.481 e. The van der Waals surface area contributed by atoms with Gasteiger partial charge in [-0.15, -0.1) is 0 Å². The Morgan fingerprint density at radius 2 is 1.94 bits per heavy atom. The fraction of sp³-hybridized carbons (Fsp3) is 0.611. The number of aliphatic hydroxyl groups excluding tert-OH is 2. The first-order valence-corrected chi connectivity index (χ1v) is 12.4. The lowest BCUT2D eigenvalue weighted by atomic mass is 10.1. The Morgan fingerprint density at radius 3 is 2.65 bits per heavy atom. The smallest absolute Gasteiger partial charge is 0.339 e. The minimum atomic E-state index is -4.46. The van der Waals surface area contributed by atoms with Crippen LogP contribution in [0.2, 0.25) is 0 Å². The van der Waals surface area contributed by atoms with Gasteiger partial charge >= 0.3 is 19.6 Å². The number of fused-ring (bicyclic) bond motifs is 1. The number of hydrogen-bond donors (Lipinski definition) is 6. The van der Waals surface area contributed by atoms with Crippen molar-refractivity contribution < 1.29 is 43.6 Å². The topological polar surface area (TPSA) is 218 Å². The molecule has 186 valence electrons. The standard InChI is InChI=1S/C18H25N6O9P/c25-11(26)6-34(30,31)32-5-10-13(27)14(28)17(33-10)24-8-21-12-15(19-7-20-16(12)24)23-18(29)22-9-3-1-2-4-9/h7-10,13-14,17,27-28H,1-6H2,(H,25,26)(H,30,31)(H2,19,20,22,23,29)/t10-,13?,14?,17-/m1/s1. The number of carboxylic acid groups (broad SMARTS) is 1. The summed E-state index contributed by atoms with van der Waals surface area (Å²) in [4.78, 5) is 44.9. The van der Waals surface area contributed by atoms with E-state index < -0.39 is 56.9 Å². The van der Waals surface area contributed by atoms with Gasteiger partial charge in [-0.2, -0.15) is 0 Å². The summed E-state index contributed by atoms with van der Waals surface area (Å²) in [5.74, 6) is -1.38. The summed E-state index contributed by atoms with van der Waals surface area (Å²) in [5, 5.41) is 35.0. The van der Waals surface area contributed by atoms with E-state index in [4.69, 9.17) is 14.4 Å². The highest BCUT2D eigenvalue weighted by atomic mass is 31.2. The second-order valence-electron chi connectivity index (χ2n) is 8.16. The summed E-state index contributed by atoms with van der Waals surface area (Å²) in [7, 11) is -4.46. The number of carbonyl (C=O) groups excluding carboxylic acids is 1. The van der Waals surface area contributed by atoms with Gasteiger partial charge in [0.05, 0.1) is 12.9 Å². The van der Waals surface area contributed by atoms with Gasteiger partial charge in [0.2, 0.25) is 0 Å². The third-order valence-electron chi connectivity index (χ3n) is 5.67. The molecule has 5 atom stereocenters. The highest BCUT2D eigenvalue weighted by Crippen LogP contribution is 2.43. The number of aliphatic carboxylic acids is 1. The highest BCUT2D eigenvalue weighted by Gasteiger charge is 2.45. The van der Waals surface area contributed by atoms with E-state index in [-0.39, 0.29) is 23.0 Å². The number of imidazole rings is 1. The van der Waals surface area contributed by atoms with Crippen LogP contribution in [0.3, 0.4) is 0 Å². The van der Waals surface area contributed by atoms with Crippen LogP contribution in [0.25, 0.3) is 11.2 Å². The van der Waals surface area contributed by atoms with Gasteiger partial charge in [0, 0.05) is 6.04 Å². The zero-order valence-electron chi connectivity index (χ0n) is 17.9. The molecule has 15 nitrogen and oxygen atoms in total. The molecule has 0 aromatic carbocycles. The Morgan fingerprint density at radius 1 is 1.21 bits per heavy atom. The Kier molecular flexibility index (Phi) is 7.12. The molecule has 2 amide bonds. The zero-order valence-corrected chi connectivity index (χ0v) is 18.7. The Hall–Kier alpha value is -2.68. The average Bonchev–Trinajstić information content (AvgIpc) is 3.47. The number of anilines is 1. The van der Waals surface area contributed by atoms with Gasteiger partial charge in [0.25, 0.3) is 0 Å². The lowest BCUT2D eigenvalue weighted by molar-refractivity contribution is -0.134. The van der Waals surface area contributed by atoms with Gasteiger partial charge in [-0.1, -0.05) is 12.8 Å². The van der Waals surface area contributed by atoms with Gasteiger partial charge in [0.1, 0.15) is 30.8 Å². The third-order valence-corrected chi connectivity index (χ3v) is 6.89. The number of amides is 2. The normalized spacial score (nSPS) is 27.0. The van der Waals surface area contributed by atoms with Crippen molar-refractivity contribution in [1.29, 1.82) is 0 Å². The maximum atomic E-state index is 12.3. The van der Waals surface area contributed by atoms with Crippen LogP contribution in [0, 0.1) is 0 Å². The molecular formula is C18H25N6O9P. The summed E-state index contributed by atoms with van der Waals surface area (Å²) >= 11 is 0. The van der Waals surface area contributed by atoms with Crippen LogP contribution >= 0.6 is 7.60 Å². The van der Waals surface area contributed by atoms with Crippen LogP contribution in [0.5, 0.6) is 0 Å². The second-order valence-corrected chi connectivity index (χ2v) is 10.0. The van der Waals surface area contributed by atoms with Crippen molar-refractivity contribution in [2.75, 3.05) is 18.1 Å². The number of nitrogens with one attached hydrogen (secondary N) is 2. The number of hydrogen-bond acceptors (Lipinski definition) is 10. The Labute approximate surface area is 192 Å². The summed E-state index contributed by atoms with van der Waals surface area (Å²) < 4.78 is 23.4. The molecule has 0 radical (unpaired) electrons. The second kappa shape index (κ2) is 9.90. The molecule has 1 aliphatic heterocycles.